The summed E-state index contributed by atoms with van der Waals surface area (Å²) >= 11 is 0. The highest BCUT2D eigenvalue weighted by molar-refractivity contribution is 6.04. The van der Waals surface area contributed by atoms with Gasteiger partial charge in [0, 0.05) is 45.0 Å². The van der Waals surface area contributed by atoms with E-state index >= 15 is 0 Å². The van der Waals surface area contributed by atoms with Crippen molar-refractivity contribution in [3.05, 3.63) is 53.9 Å². The van der Waals surface area contributed by atoms with Crippen molar-refractivity contribution >= 4 is 23.2 Å². The molecule has 0 spiro atoms. The molecule has 26 heavy (non-hydrogen) atoms. The van der Waals surface area contributed by atoms with E-state index in [1.54, 1.807) is 43.5 Å². The van der Waals surface area contributed by atoms with Gasteiger partial charge in [0.05, 0.1) is 11.3 Å². The Morgan fingerprint density at radius 1 is 1.15 bits per heavy atom. The number of para-hydroxylation sites is 1. The average molecular weight is 349 g/mol. The first-order valence-electron chi connectivity index (χ1n) is 8.35. The van der Waals surface area contributed by atoms with E-state index < -0.39 is 0 Å². The third kappa shape index (κ3) is 3.81. The second kappa shape index (κ2) is 7.66. The number of benzene rings is 1. The summed E-state index contributed by atoms with van der Waals surface area (Å²) in [5, 5.41) is 11.9. The van der Waals surface area contributed by atoms with E-state index in [-0.39, 0.29) is 17.5 Å². The molecule has 0 atom stereocenters. The Morgan fingerprint density at radius 2 is 1.88 bits per heavy atom. The Bertz CT molecular complexity index is 866. The van der Waals surface area contributed by atoms with Gasteiger partial charge in [-0.3, -0.25) is 14.6 Å². The molecule has 1 saturated heterocycles. The number of nitrogens with one attached hydrogen (secondary N) is 1. The molecule has 1 aliphatic heterocycles. The van der Waals surface area contributed by atoms with Gasteiger partial charge in [-0.2, -0.15) is 5.26 Å². The molecule has 1 fully saturated rings. The minimum atomic E-state index is -0.364. The lowest BCUT2D eigenvalue weighted by molar-refractivity contribution is -0.129. The van der Waals surface area contributed by atoms with Crippen molar-refractivity contribution in [3.63, 3.8) is 0 Å². The Balaban J connectivity index is 1.72. The van der Waals surface area contributed by atoms with Crippen LogP contribution >= 0.6 is 0 Å². The van der Waals surface area contributed by atoms with E-state index in [4.69, 9.17) is 5.26 Å². The normalized spacial score (nSPS) is 13.8. The Labute approximate surface area is 151 Å². The zero-order chi connectivity index (χ0) is 18.5. The van der Waals surface area contributed by atoms with Crippen LogP contribution in [0.5, 0.6) is 0 Å². The number of rotatable bonds is 3. The highest BCUT2D eigenvalue weighted by Gasteiger charge is 2.20. The standard InChI is InChI=1S/C19H19N5O2/c1-14(25)23-8-10-24(11-9-23)16-6-7-21-18(12-16)19(26)22-17-5-3-2-4-15(17)13-20/h2-7,12H,8-11H2,1H3,(H,22,26). The van der Waals surface area contributed by atoms with Crippen molar-refractivity contribution in [2.75, 3.05) is 36.4 Å². The highest BCUT2D eigenvalue weighted by atomic mass is 16.2. The van der Waals surface area contributed by atoms with Gasteiger partial charge in [-0.05, 0) is 24.3 Å². The zero-order valence-corrected chi connectivity index (χ0v) is 14.5. The molecule has 0 aliphatic carbocycles. The molecule has 1 N–H and O–H groups in total. The number of nitrogens with zero attached hydrogens (tertiary/aromatic N) is 4. The highest BCUT2D eigenvalue weighted by Crippen LogP contribution is 2.19. The molecule has 3 rings (SSSR count). The van der Waals surface area contributed by atoms with Crippen LogP contribution in [0.15, 0.2) is 42.6 Å². The van der Waals surface area contributed by atoms with Crippen molar-refractivity contribution in [1.29, 1.82) is 5.26 Å². The number of aromatic nitrogens is 1. The van der Waals surface area contributed by atoms with Gasteiger partial charge in [0.15, 0.2) is 0 Å². The van der Waals surface area contributed by atoms with Crippen molar-refractivity contribution in [2.45, 2.75) is 6.92 Å². The maximum atomic E-state index is 12.5. The van der Waals surface area contributed by atoms with Crippen LogP contribution in [0, 0.1) is 11.3 Å². The number of anilines is 2. The molecular weight excluding hydrogens is 330 g/mol. The first kappa shape index (κ1) is 17.4. The number of amides is 2. The average Bonchev–Trinajstić information content (AvgIpc) is 2.68. The second-order valence-corrected chi connectivity index (χ2v) is 6.00. The fourth-order valence-electron chi connectivity index (χ4n) is 2.90. The van der Waals surface area contributed by atoms with E-state index in [0.717, 1.165) is 5.69 Å². The molecule has 2 amide bonds. The van der Waals surface area contributed by atoms with Crippen LogP contribution in [-0.4, -0.2) is 47.9 Å². The summed E-state index contributed by atoms with van der Waals surface area (Å²) in [6.07, 6.45) is 1.60. The van der Waals surface area contributed by atoms with Crippen LogP contribution in [0.3, 0.4) is 0 Å². The molecule has 0 radical (unpaired) electrons. The first-order chi connectivity index (χ1) is 12.6. The molecule has 0 bridgehead atoms. The number of hydrogen-bond donors (Lipinski definition) is 1. The van der Waals surface area contributed by atoms with Crippen molar-refractivity contribution in [3.8, 4) is 6.07 Å². The predicted octanol–water partition coefficient (Wildman–Crippen LogP) is 1.87. The summed E-state index contributed by atoms with van der Waals surface area (Å²) in [6, 6.07) is 12.5. The Kier molecular flexibility index (Phi) is 5.13. The smallest absolute Gasteiger partial charge is 0.274 e. The molecule has 7 heteroatoms. The third-order valence-electron chi connectivity index (χ3n) is 4.36. The predicted molar refractivity (Wildman–Crippen MR) is 97.8 cm³/mol. The molecule has 2 aromatic rings. The fraction of sp³-hybridized carbons (Fsp3) is 0.263. The van der Waals surface area contributed by atoms with E-state index in [2.05, 4.69) is 21.3 Å². The van der Waals surface area contributed by atoms with Crippen molar-refractivity contribution < 1.29 is 9.59 Å². The quantitative estimate of drug-likeness (QED) is 0.914. The monoisotopic (exact) mass is 349 g/mol. The summed E-state index contributed by atoms with van der Waals surface area (Å²) < 4.78 is 0. The molecule has 0 saturated carbocycles. The van der Waals surface area contributed by atoms with E-state index in [0.29, 0.717) is 37.4 Å². The number of piperazine rings is 1. The second-order valence-electron chi connectivity index (χ2n) is 6.00. The summed E-state index contributed by atoms with van der Waals surface area (Å²) in [7, 11) is 0. The van der Waals surface area contributed by atoms with E-state index in [1.165, 1.54) is 0 Å². The number of carbonyl (C=O) groups is 2. The first-order valence-corrected chi connectivity index (χ1v) is 8.35. The van der Waals surface area contributed by atoms with Gasteiger partial charge in [0.1, 0.15) is 11.8 Å². The van der Waals surface area contributed by atoms with Gasteiger partial charge in [0.25, 0.3) is 5.91 Å². The SMILES string of the molecule is CC(=O)N1CCN(c2ccnc(C(=O)Nc3ccccc3C#N)c2)CC1. The summed E-state index contributed by atoms with van der Waals surface area (Å²) in [5.74, 6) is -0.285. The summed E-state index contributed by atoms with van der Waals surface area (Å²) in [6.45, 7) is 4.32. The summed E-state index contributed by atoms with van der Waals surface area (Å²) in [4.78, 5) is 32.0. The number of nitriles is 1. The van der Waals surface area contributed by atoms with Crippen LogP contribution in [-0.2, 0) is 4.79 Å². The van der Waals surface area contributed by atoms with Crippen LogP contribution < -0.4 is 10.2 Å². The molecule has 1 aromatic heterocycles. The molecular formula is C19H19N5O2. The number of hydrogen-bond acceptors (Lipinski definition) is 5. The van der Waals surface area contributed by atoms with Gasteiger partial charge in [-0.15, -0.1) is 0 Å². The molecule has 7 nitrogen and oxygen atoms in total. The Morgan fingerprint density at radius 3 is 2.58 bits per heavy atom. The third-order valence-corrected chi connectivity index (χ3v) is 4.36. The van der Waals surface area contributed by atoms with Crippen molar-refractivity contribution in [2.24, 2.45) is 0 Å². The topological polar surface area (TPSA) is 89.3 Å². The Hall–Kier alpha value is -3.40. The lowest BCUT2D eigenvalue weighted by Crippen LogP contribution is -2.48. The number of pyridine rings is 1. The molecule has 132 valence electrons. The van der Waals surface area contributed by atoms with Crippen LogP contribution in [0.4, 0.5) is 11.4 Å². The number of carbonyl (C=O) groups excluding carboxylic acids is 2. The molecule has 1 aliphatic rings. The van der Waals surface area contributed by atoms with E-state index in [9.17, 15) is 9.59 Å². The zero-order valence-electron chi connectivity index (χ0n) is 14.5. The summed E-state index contributed by atoms with van der Waals surface area (Å²) in [5.41, 5.74) is 2.03. The van der Waals surface area contributed by atoms with Gasteiger partial charge in [-0.1, -0.05) is 12.1 Å². The van der Waals surface area contributed by atoms with Gasteiger partial charge < -0.3 is 15.1 Å². The van der Waals surface area contributed by atoms with E-state index in [1.807, 2.05) is 11.0 Å². The molecule has 1 aromatic carbocycles. The van der Waals surface area contributed by atoms with Gasteiger partial charge in [-0.25, -0.2) is 0 Å². The maximum absolute atomic E-state index is 12.5. The van der Waals surface area contributed by atoms with Crippen molar-refractivity contribution in [1.82, 2.24) is 9.88 Å². The van der Waals surface area contributed by atoms with Crippen LogP contribution in [0.25, 0.3) is 0 Å². The lowest BCUT2D eigenvalue weighted by atomic mass is 10.2. The lowest BCUT2D eigenvalue weighted by Gasteiger charge is -2.35. The largest absolute Gasteiger partial charge is 0.368 e. The van der Waals surface area contributed by atoms with Crippen LogP contribution in [0.2, 0.25) is 0 Å². The maximum Gasteiger partial charge on any atom is 0.274 e. The minimum absolute atomic E-state index is 0.0793. The van der Waals surface area contributed by atoms with Gasteiger partial charge >= 0.3 is 0 Å². The molecule has 0 unspecified atom stereocenters. The van der Waals surface area contributed by atoms with Crippen LogP contribution in [0.1, 0.15) is 23.0 Å². The fourth-order valence-corrected chi connectivity index (χ4v) is 2.90. The minimum Gasteiger partial charge on any atom is -0.368 e. The molecule has 2 heterocycles. The van der Waals surface area contributed by atoms with Gasteiger partial charge in [0.2, 0.25) is 5.91 Å².